The highest BCUT2D eigenvalue weighted by Gasteiger charge is 2.18. The minimum atomic E-state index is 0.0423. The van der Waals surface area contributed by atoms with Gasteiger partial charge in [0.1, 0.15) is 17.4 Å². The maximum atomic E-state index is 8.95. The summed E-state index contributed by atoms with van der Waals surface area (Å²) in [6.07, 6.45) is 3.55. The molecule has 3 heteroatoms. The van der Waals surface area contributed by atoms with Crippen molar-refractivity contribution in [2.24, 2.45) is 0 Å². The fourth-order valence-corrected chi connectivity index (χ4v) is 1.69. The number of imidazole rings is 1. The monoisotopic (exact) mass is 199 g/mol. The molecule has 0 aliphatic heterocycles. The van der Waals surface area contributed by atoms with Gasteiger partial charge in [0.15, 0.2) is 0 Å². The van der Waals surface area contributed by atoms with Crippen LogP contribution in [0.1, 0.15) is 32.0 Å². The molecule has 0 amide bonds. The summed E-state index contributed by atoms with van der Waals surface area (Å²) in [5.74, 6) is 0. The van der Waals surface area contributed by atoms with Crippen LogP contribution in [-0.2, 0) is 5.41 Å². The van der Waals surface area contributed by atoms with Crippen LogP contribution < -0.4 is 0 Å². The lowest BCUT2D eigenvalue weighted by Crippen LogP contribution is -2.13. The molecule has 2 heterocycles. The quantitative estimate of drug-likeness (QED) is 0.654. The van der Waals surface area contributed by atoms with E-state index >= 15 is 0 Å². The van der Waals surface area contributed by atoms with Crippen molar-refractivity contribution in [3.05, 3.63) is 35.8 Å². The standard InChI is InChI=1S/C12H13N3/c1-12(2,3)10-5-4-9(8-13)15-7-6-14-11(10)15/h4-7H,1-3H3. The Bertz CT molecular complexity index is 538. The second kappa shape index (κ2) is 3.09. The molecule has 2 aromatic rings. The van der Waals surface area contributed by atoms with Crippen molar-refractivity contribution in [1.82, 2.24) is 9.38 Å². The van der Waals surface area contributed by atoms with Gasteiger partial charge in [0, 0.05) is 18.0 Å². The summed E-state index contributed by atoms with van der Waals surface area (Å²) in [5, 5.41) is 8.95. The van der Waals surface area contributed by atoms with Crippen LogP contribution in [0.4, 0.5) is 0 Å². The maximum Gasteiger partial charge on any atom is 0.141 e. The van der Waals surface area contributed by atoms with Gasteiger partial charge < -0.3 is 0 Å². The zero-order valence-electron chi connectivity index (χ0n) is 9.15. The van der Waals surface area contributed by atoms with E-state index in [9.17, 15) is 0 Å². The van der Waals surface area contributed by atoms with E-state index in [1.54, 1.807) is 6.20 Å². The number of hydrogen-bond donors (Lipinski definition) is 0. The molecule has 0 spiro atoms. The summed E-state index contributed by atoms with van der Waals surface area (Å²) in [6.45, 7) is 6.43. The largest absolute Gasteiger partial charge is 0.291 e. The summed E-state index contributed by atoms with van der Waals surface area (Å²) >= 11 is 0. The van der Waals surface area contributed by atoms with Gasteiger partial charge in [-0.3, -0.25) is 4.40 Å². The zero-order chi connectivity index (χ0) is 11.1. The van der Waals surface area contributed by atoms with Gasteiger partial charge in [-0.2, -0.15) is 5.26 Å². The molecule has 2 aromatic heterocycles. The van der Waals surface area contributed by atoms with Gasteiger partial charge in [0.25, 0.3) is 0 Å². The van der Waals surface area contributed by atoms with Crippen molar-refractivity contribution >= 4 is 5.65 Å². The van der Waals surface area contributed by atoms with E-state index in [1.807, 2.05) is 22.7 Å². The lowest BCUT2D eigenvalue weighted by atomic mass is 9.87. The van der Waals surface area contributed by atoms with Crippen LogP contribution in [0.2, 0.25) is 0 Å². The average molecular weight is 199 g/mol. The van der Waals surface area contributed by atoms with E-state index < -0.39 is 0 Å². The van der Waals surface area contributed by atoms with Crippen LogP contribution in [-0.4, -0.2) is 9.38 Å². The second-order valence-electron chi connectivity index (χ2n) is 4.61. The van der Waals surface area contributed by atoms with Crippen LogP contribution in [0.5, 0.6) is 0 Å². The van der Waals surface area contributed by atoms with E-state index in [0.29, 0.717) is 5.69 Å². The van der Waals surface area contributed by atoms with Crippen molar-refractivity contribution in [3.8, 4) is 6.07 Å². The predicted molar refractivity (Wildman–Crippen MR) is 58.6 cm³/mol. The van der Waals surface area contributed by atoms with E-state index in [2.05, 4.69) is 31.8 Å². The first-order valence-corrected chi connectivity index (χ1v) is 4.90. The zero-order valence-corrected chi connectivity index (χ0v) is 9.15. The van der Waals surface area contributed by atoms with Crippen LogP contribution in [0.25, 0.3) is 5.65 Å². The van der Waals surface area contributed by atoms with Crippen molar-refractivity contribution in [1.29, 1.82) is 5.26 Å². The minimum absolute atomic E-state index is 0.0423. The van der Waals surface area contributed by atoms with Gasteiger partial charge in [-0.15, -0.1) is 0 Å². The van der Waals surface area contributed by atoms with Crippen LogP contribution in [0.3, 0.4) is 0 Å². The molecule has 0 aromatic carbocycles. The normalized spacial score (nSPS) is 11.6. The number of nitriles is 1. The SMILES string of the molecule is CC(C)(C)c1ccc(C#N)n2ccnc12. The Hall–Kier alpha value is -1.82. The Morgan fingerprint density at radius 1 is 1.33 bits per heavy atom. The number of rotatable bonds is 0. The van der Waals surface area contributed by atoms with E-state index in [1.165, 1.54) is 0 Å². The molecule has 3 nitrogen and oxygen atoms in total. The molecule has 0 saturated carbocycles. The highest BCUT2D eigenvalue weighted by molar-refractivity contribution is 5.54. The first-order valence-electron chi connectivity index (χ1n) is 4.90. The topological polar surface area (TPSA) is 41.1 Å². The molecule has 0 aliphatic rings. The fraction of sp³-hybridized carbons (Fsp3) is 0.333. The molecular weight excluding hydrogens is 186 g/mol. The molecular formula is C12H13N3. The van der Waals surface area contributed by atoms with Gasteiger partial charge >= 0.3 is 0 Å². The van der Waals surface area contributed by atoms with Crippen molar-refractivity contribution in [3.63, 3.8) is 0 Å². The van der Waals surface area contributed by atoms with Gasteiger partial charge in [0.2, 0.25) is 0 Å². The Balaban J connectivity index is 2.82. The minimum Gasteiger partial charge on any atom is -0.291 e. The molecule has 2 rings (SSSR count). The molecule has 0 radical (unpaired) electrons. The summed E-state index contributed by atoms with van der Waals surface area (Å²) in [5.41, 5.74) is 2.70. The average Bonchev–Trinajstić information content (AvgIpc) is 2.62. The first-order chi connectivity index (χ1) is 7.04. The second-order valence-corrected chi connectivity index (χ2v) is 4.61. The Morgan fingerprint density at radius 3 is 2.67 bits per heavy atom. The van der Waals surface area contributed by atoms with E-state index in [0.717, 1.165) is 11.2 Å². The molecule has 0 fully saturated rings. The molecule has 0 bridgehead atoms. The lowest BCUT2D eigenvalue weighted by Gasteiger charge is -2.19. The van der Waals surface area contributed by atoms with Crippen LogP contribution in [0.15, 0.2) is 24.5 Å². The molecule has 0 saturated heterocycles. The maximum absolute atomic E-state index is 8.95. The summed E-state index contributed by atoms with van der Waals surface area (Å²) in [6, 6.07) is 5.99. The third kappa shape index (κ3) is 1.48. The molecule has 0 unspecified atom stereocenters. The Morgan fingerprint density at radius 2 is 2.07 bits per heavy atom. The van der Waals surface area contributed by atoms with E-state index in [4.69, 9.17) is 5.26 Å². The highest BCUT2D eigenvalue weighted by atomic mass is 15.0. The third-order valence-corrected chi connectivity index (χ3v) is 2.47. The lowest BCUT2D eigenvalue weighted by molar-refractivity contribution is 0.591. The number of pyridine rings is 1. The van der Waals surface area contributed by atoms with E-state index in [-0.39, 0.29) is 5.41 Å². The van der Waals surface area contributed by atoms with Gasteiger partial charge in [-0.1, -0.05) is 26.8 Å². The number of fused-ring (bicyclic) bond motifs is 1. The van der Waals surface area contributed by atoms with Crippen LogP contribution >= 0.6 is 0 Å². The summed E-state index contributed by atoms with van der Waals surface area (Å²) in [4.78, 5) is 4.31. The van der Waals surface area contributed by atoms with Gasteiger partial charge in [-0.25, -0.2) is 4.98 Å². The highest BCUT2D eigenvalue weighted by Crippen LogP contribution is 2.26. The van der Waals surface area contributed by atoms with Gasteiger partial charge in [0.05, 0.1) is 0 Å². The molecule has 0 aliphatic carbocycles. The van der Waals surface area contributed by atoms with Gasteiger partial charge in [-0.05, 0) is 11.5 Å². The fourth-order valence-electron chi connectivity index (χ4n) is 1.69. The van der Waals surface area contributed by atoms with Crippen molar-refractivity contribution in [2.75, 3.05) is 0 Å². The predicted octanol–water partition coefficient (Wildman–Crippen LogP) is 2.50. The Kier molecular flexibility index (Phi) is 2.01. The Labute approximate surface area is 89.0 Å². The summed E-state index contributed by atoms with van der Waals surface area (Å²) < 4.78 is 1.83. The first kappa shape index (κ1) is 9.72. The van der Waals surface area contributed by atoms with Crippen molar-refractivity contribution < 1.29 is 0 Å². The molecule has 0 atom stereocenters. The number of aromatic nitrogens is 2. The molecule has 76 valence electrons. The molecule has 0 N–H and O–H groups in total. The summed E-state index contributed by atoms with van der Waals surface area (Å²) in [7, 11) is 0. The van der Waals surface area contributed by atoms with Crippen molar-refractivity contribution in [2.45, 2.75) is 26.2 Å². The number of nitrogens with zero attached hydrogens (tertiary/aromatic N) is 3. The smallest absolute Gasteiger partial charge is 0.141 e. The molecule has 15 heavy (non-hydrogen) atoms. The number of hydrogen-bond acceptors (Lipinski definition) is 2. The third-order valence-electron chi connectivity index (χ3n) is 2.47. The van der Waals surface area contributed by atoms with Crippen LogP contribution in [0, 0.1) is 11.3 Å².